The molecule has 74 valence electrons. The van der Waals surface area contributed by atoms with E-state index in [1.165, 1.54) is 19.3 Å². The summed E-state index contributed by atoms with van der Waals surface area (Å²) in [7, 11) is 0. The monoisotopic (exact) mass is 182 g/mol. The second-order valence-electron chi connectivity index (χ2n) is 4.77. The predicted molar refractivity (Wildman–Crippen MR) is 50.2 cm³/mol. The van der Waals surface area contributed by atoms with Crippen molar-refractivity contribution >= 4 is 5.97 Å². The van der Waals surface area contributed by atoms with Crippen LogP contribution in [-0.4, -0.2) is 11.6 Å². The van der Waals surface area contributed by atoms with Crippen LogP contribution < -0.4 is 0 Å². The Morgan fingerprint density at radius 1 is 1.31 bits per heavy atom. The largest absolute Gasteiger partial charge is 0.458 e. The first-order chi connectivity index (χ1) is 6.16. The van der Waals surface area contributed by atoms with Gasteiger partial charge in [-0.15, -0.1) is 0 Å². The number of esters is 1. The van der Waals surface area contributed by atoms with Gasteiger partial charge in [0.1, 0.15) is 5.60 Å². The summed E-state index contributed by atoms with van der Waals surface area (Å²) >= 11 is 0. The van der Waals surface area contributed by atoms with Crippen molar-refractivity contribution in [3.8, 4) is 0 Å². The van der Waals surface area contributed by atoms with Crippen LogP contribution in [0.2, 0.25) is 0 Å². The Morgan fingerprint density at radius 2 is 1.92 bits per heavy atom. The second-order valence-corrected chi connectivity index (χ2v) is 4.77. The standard InChI is InChI=1S/C11H18O2/c1-8(2)9-10(12)13-11(9)6-4-3-5-7-11/h8-9H,3-7H2,1-2H3/t9-/m0/s1. The van der Waals surface area contributed by atoms with Gasteiger partial charge in [-0.3, -0.25) is 4.79 Å². The zero-order valence-electron chi connectivity index (χ0n) is 8.51. The minimum atomic E-state index is -0.0382. The van der Waals surface area contributed by atoms with Gasteiger partial charge in [0.15, 0.2) is 0 Å². The number of hydrogen-bond acceptors (Lipinski definition) is 2. The van der Waals surface area contributed by atoms with Gasteiger partial charge in [0, 0.05) is 0 Å². The molecule has 0 aromatic carbocycles. The molecule has 1 atom stereocenters. The molecule has 2 nitrogen and oxygen atoms in total. The maximum absolute atomic E-state index is 11.3. The molecule has 0 amide bonds. The van der Waals surface area contributed by atoms with Crippen molar-refractivity contribution in [1.29, 1.82) is 0 Å². The van der Waals surface area contributed by atoms with Gasteiger partial charge in [0.25, 0.3) is 0 Å². The number of carbonyl (C=O) groups excluding carboxylic acids is 1. The molecule has 0 radical (unpaired) electrons. The Kier molecular flexibility index (Phi) is 2.09. The Hall–Kier alpha value is -0.530. The molecule has 0 N–H and O–H groups in total. The molecule has 2 heteroatoms. The fraction of sp³-hybridized carbons (Fsp3) is 0.909. The Balaban J connectivity index is 2.10. The van der Waals surface area contributed by atoms with Crippen LogP contribution in [0.15, 0.2) is 0 Å². The molecule has 1 spiro atoms. The Morgan fingerprint density at radius 3 is 2.38 bits per heavy atom. The summed E-state index contributed by atoms with van der Waals surface area (Å²) in [5.41, 5.74) is -0.0382. The summed E-state index contributed by atoms with van der Waals surface area (Å²) in [5, 5.41) is 0. The van der Waals surface area contributed by atoms with Gasteiger partial charge in [-0.2, -0.15) is 0 Å². The van der Waals surface area contributed by atoms with Crippen molar-refractivity contribution in [2.75, 3.05) is 0 Å². The Labute approximate surface area is 79.7 Å². The molecule has 2 aliphatic rings. The van der Waals surface area contributed by atoms with Crippen LogP contribution in [-0.2, 0) is 9.53 Å². The third-order valence-corrected chi connectivity index (χ3v) is 3.49. The molecule has 0 aromatic heterocycles. The van der Waals surface area contributed by atoms with E-state index >= 15 is 0 Å². The van der Waals surface area contributed by atoms with Crippen molar-refractivity contribution in [3.63, 3.8) is 0 Å². The van der Waals surface area contributed by atoms with Crippen LogP contribution in [0.3, 0.4) is 0 Å². The smallest absolute Gasteiger partial charge is 0.313 e. The first kappa shape index (κ1) is 9.04. The maximum atomic E-state index is 11.3. The number of hydrogen-bond donors (Lipinski definition) is 0. The van der Waals surface area contributed by atoms with Gasteiger partial charge in [-0.25, -0.2) is 0 Å². The van der Waals surface area contributed by atoms with Gasteiger partial charge in [0.05, 0.1) is 5.92 Å². The topological polar surface area (TPSA) is 26.3 Å². The van der Waals surface area contributed by atoms with E-state index < -0.39 is 0 Å². The molecule has 0 aromatic rings. The van der Waals surface area contributed by atoms with E-state index in [-0.39, 0.29) is 17.5 Å². The second kappa shape index (κ2) is 3.00. The summed E-state index contributed by atoms with van der Waals surface area (Å²) in [5.74, 6) is 0.670. The molecule has 13 heavy (non-hydrogen) atoms. The fourth-order valence-electron chi connectivity index (χ4n) is 2.93. The lowest BCUT2D eigenvalue weighted by molar-refractivity contribution is -0.226. The summed E-state index contributed by atoms with van der Waals surface area (Å²) in [4.78, 5) is 11.3. The summed E-state index contributed by atoms with van der Waals surface area (Å²) in [6.07, 6.45) is 5.97. The van der Waals surface area contributed by atoms with Crippen molar-refractivity contribution < 1.29 is 9.53 Å². The van der Waals surface area contributed by atoms with Gasteiger partial charge in [0.2, 0.25) is 0 Å². The average Bonchev–Trinajstić information content (AvgIpc) is 2.03. The van der Waals surface area contributed by atoms with E-state index in [2.05, 4.69) is 13.8 Å². The van der Waals surface area contributed by atoms with E-state index in [4.69, 9.17) is 4.74 Å². The predicted octanol–water partition coefficient (Wildman–Crippen LogP) is 2.52. The van der Waals surface area contributed by atoms with Crippen LogP contribution in [0.25, 0.3) is 0 Å². The van der Waals surface area contributed by atoms with Crippen molar-refractivity contribution in [3.05, 3.63) is 0 Å². The highest BCUT2D eigenvalue weighted by molar-refractivity contribution is 5.80. The molecule has 2 rings (SSSR count). The molecule has 2 fully saturated rings. The Bertz CT molecular complexity index is 214. The van der Waals surface area contributed by atoms with Crippen LogP contribution >= 0.6 is 0 Å². The molecular formula is C11H18O2. The van der Waals surface area contributed by atoms with Gasteiger partial charge in [-0.05, 0) is 31.6 Å². The third-order valence-electron chi connectivity index (χ3n) is 3.49. The normalized spacial score (nSPS) is 31.6. The lowest BCUT2D eigenvalue weighted by Gasteiger charge is -2.51. The van der Waals surface area contributed by atoms with E-state index in [9.17, 15) is 4.79 Å². The number of rotatable bonds is 1. The number of carbonyl (C=O) groups is 1. The molecule has 0 bridgehead atoms. The first-order valence-electron chi connectivity index (χ1n) is 5.38. The minimum Gasteiger partial charge on any atom is -0.458 e. The zero-order valence-corrected chi connectivity index (χ0v) is 8.51. The summed E-state index contributed by atoms with van der Waals surface area (Å²) < 4.78 is 5.40. The van der Waals surface area contributed by atoms with Crippen LogP contribution in [0.1, 0.15) is 46.0 Å². The summed E-state index contributed by atoms with van der Waals surface area (Å²) in [6, 6.07) is 0. The minimum absolute atomic E-state index is 0.0382. The highest BCUT2D eigenvalue weighted by Gasteiger charge is 2.57. The number of ether oxygens (including phenoxy) is 1. The van der Waals surface area contributed by atoms with E-state index in [0.29, 0.717) is 5.92 Å². The lowest BCUT2D eigenvalue weighted by atomic mass is 9.67. The quantitative estimate of drug-likeness (QED) is 0.582. The van der Waals surface area contributed by atoms with Gasteiger partial charge in [-0.1, -0.05) is 20.3 Å². The molecule has 1 heterocycles. The van der Waals surface area contributed by atoms with Crippen molar-refractivity contribution in [1.82, 2.24) is 0 Å². The lowest BCUT2D eigenvalue weighted by Crippen LogP contribution is -2.60. The molecule has 1 saturated heterocycles. The highest BCUT2D eigenvalue weighted by Crippen LogP contribution is 2.48. The molecule has 1 aliphatic carbocycles. The summed E-state index contributed by atoms with van der Waals surface area (Å²) in [6.45, 7) is 4.25. The highest BCUT2D eigenvalue weighted by atomic mass is 16.6. The van der Waals surface area contributed by atoms with Gasteiger partial charge < -0.3 is 4.74 Å². The van der Waals surface area contributed by atoms with Crippen LogP contribution in [0.4, 0.5) is 0 Å². The maximum Gasteiger partial charge on any atom is 0.313 e. The van der Waals surface area contributed by atoms with Gasteiger partial charge >= 0.3 is 5.97 Å². The van der Waals surface area contributed by atoms with Crippen LogP contribution in [0, 0.1) is 11.8 Å². The molecular weight excluding hydrogens is 164 g/mol. The zero-order chi connectivity index (χ0) is 9.47. The first-order valence-corrected chi connectivity index (χ1v) is 5.38. The van der Waals surface area contributed by atoms with E-state index in [1.54, 1.807) is 0 Å². The van der Waals surface area contributed by atoms with Crippen molar-refractivity contribution in [2.45, 2.75) is 51.6 Å². The third kappa shape index (κ3) is 1.27. The van der Waals surface area contributed by atoms with E-state index in [0.717, 1.165) is 12.8 Å². The molecule has 0 unspecified atom stereocenters. The van der Waals surface area contributed by atoms with Crippen LogP contribution in [0.5, 0.6) is 0 Å². The van der Waals surface area contributed by atoms with Crippen molar-refractivity contribution in [2.24, 2.45) is 11.8 Å². The SMILES string of the molecule is CC(C)[C@H]1C(=O)OC12CCCCC2. The van der Waals surface area contributed by atoms with E-state index in [1.807, 2.05) is 0 Å². The molecule has 1 saturated carbocycles. The average molecular weight is 182 g/mol. The molecule has 1 aliphatic heterocycles. The fourth-order valence-corrected chi connectivity index (χ4v) is 2.93.